The van der Waals surface area contributed by atoms with E-state index in [-0.39, 0.29) is 0 Å². The molecule has 0 aliphatic carbocycles. The summed E-state index contributed by atoms with van der Waals surface area (Å²) in [5.74, 6) is 0.170. The van der Waals surface area contributed by atoms with Gasteiger partial charge in [-0.3, -0.25) is 4.79 Å². The van der Waals surface area contributed by atoms with Crippen LogP contribution >= 0.6 is 0 Å². The molecule has 2 rings (SSSR count). The predicted octanol–water partition coefficient (Wildman–Crippen LogP) is 0.811. The summed E-state index contributed by atoms with van der Waals surface area (Å²) in [6.07, 6.45) is 0.994. The summed E-state index contributed by atoms with van der Waals surface area (Å²) in [6, 6.07) is 15.4. The Labute approximate surface area is 146 Å². The maximum atomic E-state index is 11.6. The van der Waals surface area contributed by atoms with E-state index in [1.54, 1.807) is 0 Å². The lowest BCUT2D eigenvalue weighted by molar-refractivity contribution is -0.125. The van der Waals surface area contributed by atoms with E-state index in [9.17, 15) is 9.59 Å². The number of nitrogens with one attached hydrogen (secondary N) is 1. The Morgan fingerprint density at radius 3 is 2.40 bits per heavy atom. The predicted molar refractivity (Wildman–Crippen MR) is 94.0 cm³/mol. The first-order valence-electron chi connectivity index (χ1n) is 8.00. The molecule has 2 aromatic rings. The molecule has 0 bridgehead atoms. The maximum absolute atomic E-state index is 11.6. The number of aliphatic hydroxyl groups excluding tert-OH is 1. The van der Waals surface area contributed by atoms with Gasteiger partial charge >= 0.3 is 0 Å². The second kappa shape index (κ2) is 9.56. The van der Waals surface area contributed by atoms with Crippen molar-refractivity contribution in [1.29, 1.82) is 0 Å². The van der Waals surface area contributed by atoms with Crippen LogP contribution in [0.15, 0.2) is 54.6 Å². The number of nitrogens with two attached hydrogens (primary N) is 1. The number of carbonyl (C=O) groups excluding carboxylic acids is 2. The molecule has 6 heteroatoms. The third-order valence-electron chi connectivity index (χ3n) is 3.65. The molecule has 0 fully saturated rings. The SMILES string of the molecule is N[C@@H](CO)C(=O)N[C@H](C=O)Cc1ccc(OCc2ccccc2)cc1. The van der Waals surface area contributed by atoms with Crippen LogP contribution in [0.5, 0.6) is 5.75 Å². The van der Waals surface area contributed by atoms with Gasteiger partial charge in [-0.25, -0.2) is 0 Å². The maximum Gasteiger partial charge on any atom is 0.239 e. The molecule has 0 heterocycles. The quantitative estimate of drug-likeness (QED) is 0.586. The zero-order valence-corrected chi connectivity index (χ0v) is 13.8. The van der Waals surface area contributed by atoms with Crippen LogP contribution in [0, 0.1) is 0 Å². The van der Waals surface area contributed by atoms with Crippen LogP contribution in [0.2, 0.25) is 0 Å². The van der Waals surface area contributed by atoms with Gasteiger partial charge in [0.25, 0.3) is 0 Å². The Hall–Kier alpha value is -2.70. The Morgan fingerprint density at radius 2 is 1.80 bits per heavy atom. The lowest BCUT2D eigenvalue weighted by Crippen LogP contribution is -2.48. The van der Waals surface area contributed by atoms with Crippen LogP contribution in [0.4, 0.5) is 0 Å². The highest BCUT2D eigenvalue weighted by Gasteiger charge is 2.17. The largest absolute Gasteiger partial charge is 0.489 e. The molecule has 0 aliphatic heterocycles. The summed E-state index contributed by atoms with van der Waals surface area (Å²) in [5, 5.41) is 11.4. The van der Waals surface area contributed by atoms with Crippen molar-refractivity contribution in [1.82, 2.24) is 5.32 Å². The molecule has 0 saturated carbocycles. The van der Waals surface area contributed by atoms with Gasteiger partial charge in [-0.15, -0.1) is 0 Å². The van der Waals surface area contributed by atoms with Crippen LogP contribution < -0.4 is 15.8 Å². The molecule has 0 saturated heterocycles. The van der Waals surface area contributed by atoms with Crippen LogP contribution in [0.1, 0.15) is 11.1 Å². The highest BCUT2D eigenvalue weighted by molar-refractivity contribution is 5.84. The molecular weight excluding hydrogens is 320 g/mol. The molecule has 6 nitrogen and oxygen atoms in total. The first kappa shape index (κ1) is 18.6. The molecule has 0 aromatic heterocycles. The van der Waals surface area contributed by atoms with Crippen molar-refractivity contribution in [2.45, 2.75) is 25.1 Å². The Balaban J connectivity index is 1.88. The molecule has 0 unspecified atom stereocenters. The number of benzene rings is 2. The Kier molecular flexibility index (Phi) is 7.13. The van der Waals surface area contributed by atoms with Gasteiger partial charge < -0.3 is 25.7 Å². The van der Waals surface area contributed by atoms with Crippen molar-refractivity contribution in [2.24, 2.45) is 5.73 Å². The fraction of sp³-hybridized carbons (Fsp3) is 0.263. The number of carbonyl (C=O) groups is 2. The first-order valence-corrected chi connectivity index (χ1v) is 8.00. The topological polar surface area (TPSA) is 102 Å². The van der Waals surface area contributed by atoms with E-state index >= 15 is 0 Å². The smallest absolute Gasteiger partial charge is 0.239 e. The zero-order valence-electron chi connectivity index (χ0n) is 13.8. The van der Waals surface area contributed by atoms with Gasteiger partial charge in [0.15, 0.2) is 0 Å². The molecule has 2 atom stereocenters. The molecule has 1 amide bonds. The van der Waals surface area contributed by atoms with E-state index in [4.69, 9.17) is 15.6 Å². The van der Waals surface area contributed by atoms with Crippen molar-refractivity contribution >= 4 is 12.2 Å². The van der Waals surface area contributed by atoms with Gasteiger partial charge in [-0.1, -0.05) is 42.5 Å². The summed E-state index contributed by atoms with van der Waals surface area (Å²) in [5.41, 5.74) is 7.38. The number of aldehydes is 1. The number of hydrogen-bond acceptors (Lipinski definition) is 5. The van der Waals surface area contributed by atoms with Gasteiger partial charge in [0.05, 0.1) is 12.6 Å². The minimum atomic E-state index is -1.03. The molecule has 0 aliphatic rings. The number of amides is 1. The van der Waals surface area contributed by atoms with Gasteiger partial charge in [0, 0.05) is 0 Å². The minimum absolute atomic E-state index is 0.340. The van der Waals surface area contributed by atoms with Crippen molar-refractivity contribution < 1.29 is 19.4 Å². The first-order chi connectivity index (χ1) is 12.1. The number of hydrogen-bond donors (Lipinski definition) is 3. The summed E-state index contributed by atoms with van der Waals surface area (Å²) in [6.45, 7) is 0.0110. The van der Waals surface area contributed by atoms with Gasteiger partial charge in [0.2, 0.25) is 5.91 Å². The second-order valence-electron chi connectivity index (χ2n) is 5.66. The lowest BCUT2D eigenvalue weighted by Gasteiger charge is -2.15. The highest BCUT2D eigenvalue weighted by Crippen LogP contribution is 2.15. The second-order valence-corrected chi connectivity index (χ2v) is 5.66. The summed E-state index contributed by atoms with van der Waals surface area (Å²) < 4.78 is 5.71. The minimum Gasteiger partial charge on any atom is -0.489 e. The molecule has 25 heavy (non-hydrogen) atoms. The van der Waals surface area contributed by atoms with Crippen LogP contribution in [-0.4, -0.2) is 36.0 Å². The van der Waals surface area contributed by atoms with E-state index in [2.05, 4.69) is 5.32 Å². The van der Waals surface area contributed by atoms with Gasteiger partial charge in [-0.2, -0.15) is 0 Å². The van der Waals surface area contributed by atoms with Crippen LogP contribution in [0.25, 0.3) is 0 Å². The van der Waals surface area contributed by atoms with E-state index in [1.807, 2.05) is 54.6 Å². The zero-order chi connectivity index (χ0) is 18.1. The number of aliphatic hydroxyl groups is 1. The third-order valence-corrected chi connectivity index (χ3v) is 3.65. The van der Waals surface area contributed by atoms with Gasteiger partial charge in [0.1, 0.15) is 24.7 Å². The molecular formula is C19H22N2O4. The summed E-state index contributed by atoms with van der Waals surface area (Å²) in [7, 11) is 0. The van der Waals surface area contributed by atoms with Crippen molar-refractivity contribution in [2.75, 3.05) is 6.61 Å². The van der Waals surface area contributed by atoms with Crippen molar-refractivity contribution in [3.05, 3.63) is 65.7 Å². The van der Waals surface area contributed by atoms with E-state index < -0.39 is 24.6 Å². The Bertz CT molecular complexity index is 674. The molecule has 4 N–H and O–H groups in total. The highest BCUT2D eigenvalue weighted by atomic mass is 16.5. The normalized spacial score (nSPS) is 12.9. The fourth-order valence-corrected chi connectivity index (χ4v) is 2.22. The van der Waals surface area contributed by atoms with E-state index in [0.717, 1.165) is 16.9 Å². The molecule has 132 valence electrons. The van der Waals surface area contributed by atoms with Crippen molar-refractivity contribution in [3.63, 3.8) is 0 Å². The number of rotatable bonds is 9. The van der Waals surface area contributed by atoms with E-state index in [1.165, 1.54) is 0 Å². The molecule has 0 radical (unpaired) electrons. The number of ether oxygens (including phenoxy) is 1. The average molecular weight is 342 g/mol. The van der Waals surface area contributed by atoms with Crippen molar-refractivity contribution in [3.8, 4) is 5.75 Å². The third kappa shape index (κ3) is 6.02. The standard InChI is InChI=1S/C19H22N2O4/c20-18(12-23)19(24)21-16(11-22)10-14-6-8-17(9-7-14)25-13-15-4-2-1-3-5-15/h1-9,11,16,18,23H,10,12-13,20H2,(H,21,24)/t16-,18-/m0/s1. The summed E-state index contributed by atoms with van der Waals surface area (Å²) >= 11 is 0. The average Bonchev–Trinajstić information content (AvgIpc) is 2.66. The van der Waals surface area contributed by atoms with E-state index in [0.29, 0.717) is 19.3 Å². The van der Waals surface area contributed by atoms with Crippen LogP contribution in [0.3, 0.4) is 0 Å². The lowest BCUT2D eigenvalue weighted by atomic mass is 10.1. The molecule has 2 aromatic carbocycles. The Morgan fingerprint density at radius 1 is 1.12 bits per heavy atom. The molecule has 0 spiro atoms. The monoisotopic (exact) mass is 342 g/mol. The summed E-state index contributed by atoms with van der Waals surface area (Å²) in [4.78, 5) is 22.8. The van der Waals surface area contributed by atoms with Crippen LogP contribution in [-0.2, 0) is 22.6 Å². The van der Waals surface area contributed by atoms with Gasteiger partial charge in [-0.05, 0) is 29.7 Å². The fourth-order valence-electron chi connectivity index (χ4n) is 2.22.